The Morgan fingerprint density at radius 3 is 2.69 bits per heavy atom. The Hall–Kier alpha value is -1.22. The predicted molar refractivity (Wildman–Crippen MR) is 51.6 cm³/mol. The number of phenols is 2. The third kappa shape index (κ3) is 2.12. The fourth-order valence-corrected chi connectivity index (χ4v) is 1.31. The maximum atomic E-state index is 9.46. The van der Waals surface area contributed by atoms with Gasteiger partial charge in [0.25, 0.3) is 0 Å². The van der Waals surface area contributed by atoms with Gasteiger partial charge in [-0.3, -0.25) is 0 Å². The van der Waals surface area contributed by atoms with Gasteiger partial charge in [0.1, 0.15) is 0 Å². The Kier molecular flexibility index (Phi) is 3.14. The van der Waals surface area contributed by atoms with E-state index in [0.29, 0.717) is 5.56 Å². The molecule has 3 nitrogen and oxygen atoms in total. The maximum Gasteiger partial charge on any atom is 0.162 e. The van der Waals surface area contributed by atoms with Crippen LogP contribution in [-0.4, -0.2) is 10.2 Å². The molecule has 0 saturated heterocycles. The van der Waals surface area contributed by atoms with E-state index in [0.717, 1.165) is 12.8 Å². The Labute approximate surface area is 77.8 Å². The number of rotatable bonds is 3. The molecule has 0 unspecified atom stereocenters. The molecular weight excluding hydrogens is 166 g/mol. The number of aromatic hydroxyl groups is 2. The third-order valence-corrected chi connectivity index (χ3v) is 2.05. The molecule has 0 aliphatic heterocycles. The van der Waals surface area contributed by atoms with E-state index < -0.39 is 0 Å². The molecule has 0 aliphatic carbocycles. The minimum Gasteiger partial charge on any atom is -0.504 e. The van der Waals surface area contributed by atoms with Crippen molar-refractivity contribution in [2.75, 3.05) is 0 Å². The Bertz CT molecular complexity index is 286. The molecule has 13 heavy (non-hydrogen) atoms. The number of phenolic OH excluding ortho intramolecular Hbond substituents is 2. The lowest BCUT2D eigenvalue weighted by atomic mass is 10.0. The number of para-hydroxylation sites is 1. The van der Waals surface area contributed by atoms with E-state index in [1.165, 1.54) is 6.07 Å². The van der Waals surface area contributed by atoms with Crippen molar-refractivity contribution in [1.82, 2.24) is 0 Å². The second-order valence-electron chi connectivity index (χ2n) is 3.11. The standard InChI is InChI=1S/C10H15NO2/c1-2-4-8(11)7-5-3-6-9(12)10(7)13/h3,5-6,8,12-13H,2,4,11H2,1H3/t8-/m0/s1. The number of benzene rings is 1. The van der Waals surface area contributed by atoms with Gasteiger partial charge in [0.15, 0.2) is 11.5 Å². The average molecular weight is 181 g/mol. The Balaban J connectivity index is 2.93. The zero-order chi connectivity index (χ0) is 9.84. The Morgan fingerprint density at radius 2 is 2.08 bits per heavy atom. The molecule has 1 atom stereocenters. The zero-order valence-electron chi connectivity index (χ0n) is 7.70. The van der Waals surface area contributed by atoms with Crippen LogP contribution in [0, 0.1) is 0 Å². The zero-order valence-corrected chi connectivity index (χ0v) is 7.70. The fraction of sp³-hybridized carbons (Fsp3) is 0.400. The largest absolute Gasteiger partial charge is 0.504 e. The predicted octanol–water partition coefficient (Wildman–Crippen LogP) is 1.90. The van der Waals surface area contributed by atoms with E-state index in [1.54, 1.807) is 12.1 Å². The molecule has 0 amide bonds. The van der Waals surface area contributed by atoms with Crippen LogP contribution < -0.4 is 5.73 Å². The van der Waals surface area contributed by atoms with Gasteiger partial charge in [-0.1, -0.05) is 25.5 Å². The lowest BCUT2D eigenvalue weighted by Gasteiger charge is -2.12. The van der Waals surface area contributed by atoms with Crippen molar-refractivity contribution >= 4 is 0 Å². The molecule has 0 spiro atoms. The highest BCUT2D eigenvalue weighted by Crippen LogP contribution is 2.32. The second kappa shape index (κ2) is 4.14. The van der Waals surface area contributed by atoms with Gasteiger partial charge in [-0.15, -0.1) is 0 Å². The van der Waals surface area contributed by atoms with Gasteiger partial charge in [0, 0.05) is 11.6 Å². The van der Waals surface area contributed by atoms with Gasteiger partial charge >= 0.3 is 0 Å². The van der Waals surface area contributed by atoms with Crippen LogP contribution in [0.4, 0.5) is 0 Å². The van der Waals surface area contributed by atoms with Gasteiger partial charge < -0.3 is 15.9 Å². The molecule has 0 heterocycles. The van der Waals surface area contributed by atoms with E-state index in [2.05, 4.69) is 0 Å². The van der Waals surface area contributed by atoms with Crippen LogP contribution in [0.25, 0.3) is 0 Å². The molecule has 1 aromatic carbocycles. The van der Waals surface area contributed by atoms with Crippen LogP contribution in [-0.2, 0) is 0 Å². The van der Waals surface area contributed by atoms with Crippen molar-refractivity contribution in [3.8, 4) is 11.5 Å². The minimum atomic E-state index is -0.197. The lowest BCUT2D eigenvalue weighted by molar-refractivity contribution is 0.394. The first-order chi connectivity index (χ1) is 6.16. The molecule has 0 radical (unpaired) electrons. The smallest absolute Gasteiger partial charge is 0.162 e. The summed E-state index contributed by atoms with van der Waals surface area (Å²) in [5, 5.41) is 18.7. The van der Waals surface area contributed by atoms with Crippen LogP contribution in [0.1, 0.15) is 31.4 Å². The summed E-state index contributed by atoms with van der Waals surface area (Å²) in [6.45, 7) is 2.03. The average Bonchev–Trinajstić information content (AvgIpc) is 2.10. The van der Waals surface area contributed by atoms with Crippen molar-refractivity contribution in [1.29, 1.82) is 0 Å². The molecule has 4 N–H and O–H groups in total. The van der Waals surface area contributed by atoms with E-state index in [4.69, 9.17) is 5.73 Å². The van der Waals surface area contributed by atoms with Crippen LogP contribution in [0.15, 0.2) is 18.2 Å². The Morgan fingerprint density at radius 1 is 1.38 bits per heavy atom. The molecule has 0 saturated carbocycles. The van der Waals surface area contributed by atoms with E-state index in [9.17, 15) is 10.2 Å². The maximum absolute atomic E-state index is 9.46. The summed E-state index contributed by atoms with van der Waals surface area (Å²) >= 11 is 0. The van der Waals surface area contributed by atoms with E-state index in [-0.39, 0.29) is 17.5 Å². The van der Waals surface area contributed by atoms with Crippen molar-refractivity contribution in [2.24, 2.45) is 5.73 Å². The lowest BCUT2D eigenvalue weighted by Crippen LogP contribution is -2.09. The second-order valence-corrected chi connectivity index (χ2v) is 3.11. The van der Waals surface area contributed by atoms with Gasteiger partial charge in [0.2, 0.25) is 0 Å². The van der Waals surface area contributed by atoms with Crippen molar-refractivity contribution < 1.29 is 10.2 Å². The SMILES string of the molecule is CCC[C@H](N)c1cccc(O)c1O. The first-order valence-electron chi connectivity index (χ1n) is 4.43. The highest BCUT2D eigenvalue weighted by Gasteiger charge is 2.11. The summed E-state index contributed by atoms with van der Waals surface area (Å²) in [5.74, 6) is -0.201. The molecule has 0 fully saturated rings. The van der Waals surface area contributed by atoms with Crippen molar-refractivity contribution in [2.45, 2.75) is 25.8 Å². The highest BCUT2D eigenvalue weighted by atomic mass is 16.3. The summed E-state index contributed by atoms with van der Waals surface area (Å²) in [4.78, 5) is 0. The number of hydrogen-bond acceptors (Lipinski definition) is 3. The summed E-state index contributed by atoms with van der Waals surface area (Å²) in [6.07, 6.45) is 1.76. The summed E-state index contributed by atoms with van der Waals surface area (Å²) in [7, 11) is 0. The monoisotopic (exact) mass is 181 g/mol. The molecule has 3 heteroatoms. The number of hydrogen-bond donors (Lipinski definition) is 3. The molecule has 1 aromatic rings. The van der Waals surface area contributed by atoms with Crippen molar-refractivity contribution in [3.05, 3.63) is 23.8 Å². The van der Waals surface area contributed by atoms with Gasteiger partial charge in [0.05, 0.1) is 0 Å². The van der Waals surface area contributed by atoms with Crippen LogP contribution in [0.3, 0.4) is 0 Å². The molecule has 0 aromatic heterocycles. The van der Waals surface area contributed by atoms with Gasteiger partial charge in [-0.2, -0.15) is 0 Å². The normalized spacial score (nSPS) is 12.8. The van der Waals surface area contributed by atoms with Crippen LogP contribution in [0.5, 0.6) is 11.5 Å². The van der Waals surface area contributed by atoms with Crippen LogP contribution in [0.2, 0.25) is 0 Å². The first kappa shape index (κ1) is 9.86. The van der Waals surface area contributed by atoms with Crippen molar-refractivity contribution in [3.63, 3.8) is 0 Å². The first-order valence-corrected chi connectivity index (χ1v) is 4.43. The molecule has 1 rings (SSSR count). The summed E-state index contributed by atoms with van der Waals surface area (Å²) < 4.78 is 0. The third-order valence-electron chi connectivity index (χ3n) is 2.05. The summed E-state index contributed by atoms with van der Waals surface area (Å²) in [6, 6.07) is 4.66. The van der Waals surface area contributed by atoms with E-state index in [1.807, 2.05) is 6.92 Å². The molecule has 0 bridgehead atoms. The minimum absolute atomic E-state index is 0.0940. The van der Waals surface area contributed by atoms with Crippen LogP contribution >= 0.6 is 0 Å². The highest BCUT2D eigenvalue weighted by molar-refractivity contribution is 5.45. The summed E-state index contributed by atoms with van der Waals surface area (Å²) in [5.41, 5.74) is 6.42. The van der Waals surface area contributed by atoms with Gasteiger partial charge in [-0.05, 0) is 12.5 Å². The molecular formula is C10H15NO2. The fourth-order valence-electron chi connectivity index (χ4n) is 1.31. The molecule has 0 aliphatic rings. The number of nitrogens with two attached hydrogens (primary N) is 1. The van der Waals surface area contributed by atoms with E-state index >= 15 is 0 Å². The quantitative estimate of drug-likeness (QED) is 0.624. The molecule has 72 valence electrons. The van der Waals surface area contributed by atoms with Gasteiger partial charge in [-0.25, -0.2) is 0 Å². The topological polar surface area (TPSA) is 66.5 Å².